The number of aliphatic hydroxyl groups excluding tert-OH is 1. The van der Waals surface area contributed by atoms with Gasteiger partial charge in [0, 0.05) is 0 Å². The maximum Gasteiger partial charge on any atom is 0.118 e. The maximum atomic E-state index is 9.72. The highest BCUT2D eigenvalue weighted by molar-refractivity contribution is 5.80. The van der Waals surface area contributed by atoms with Gasteiger partial charge in [-0.25, -0.2) is 0 Å². The summed E-state index contributed by atoms with van der Waals surface area (Å²) in [6, 6.07) is 15.6. The van der Waals surface area contributed by atoms with Gasteiger partial charge < -0.3 is 14.6 Å². The molecule has 3 nitrogen and oxygen atoms in total. The summed E-state index contributed by atoms with van der Waals surface area (Å²) >= 11 is 0. The molecule has 0 bridgehead atoms. The van der Waals surface area contributed by atoms with Gasteiger partial charge in [-0.05, 0) is 54.0 Å². The van der Waals surface area contributed by atoms with Crippen LogP contribution in [0.5, 0.6) is 11.5 Å². The van der Waals surface area contributed by atoms with Crippen molar-refractivity contribution >= 4 is 5.57 Å². The molecule has 3 heteroatoms. The standard InChI is InChI=1S/C18H20O3/c1-13(19)12-18(14-4-8-16(20-2)9-5-14)15-6-10-17(21-3)11-7-15/h4-13,19H,1-3H3/t13-/m1/s1. The Morgan fingerprint density at radius 1 is 0.857 bits per heavy atom. The Labute approximate surface area is 125 Å². The van der Waals surface area contributed by atoms with Crippen LogP contribution in [0.1, 0.15) is 18.1 Å². The Hall–Kier alpha value is -2.26. The molecule has 1 atom stereocenters. The number of ether oxygens (including phenoxy) is 2. The van der Waals surface area contributed by atoms with Gasteiger partial charge in [0.2, 0.25) is 0 Å². The Kier molecular flexibility index (Phi) is 5.01. The predicted octanol–water partition coefficient (Wildman–Crippen LogP) is 3.52. The van der Waals surface area contributed by atoms with Crippen LogP contribution in [0.3, 0.4) is 0 Å². The second-order valence-electron chi connectivity index (χ2n) is 4.78. The lowest BCUT2D eigenvalue weighted by Crippen LogP contribution is -1.98. The van der Waals surface area contributed by atoms with E-state index >= 15 is 0 Å². The zero-order chi connectivity index (χ0) is 15.2. The molecule has 2 rings (SSSR count). The van der Waals surface area contributed by atoms with Crippen LogP contribution in [0.4, 0.5) is 0 Å². The van der Waals surface area contributed by atoms with E-state index in [4.69, 9.17) is 9.47 Å². The van der Waals surface area contributed by atoms with E-state index in [-0.39, 0.29) is 0 Å². The molecular weight excluding hydrogens is 264 g/mol. The molecule has 21 heavy (non-hydrogen) atoms. The summed E-state index contributed by atoms with van der Waals surface area (Å²) in [5.41, 5.74) is 3.04. The Balaban J connectivity index is 2.41. The molecule has 0 fully saturated rings. The van der Waals surface area contributed by atoms with Crippen molar-refractivity contribution in [3.63, 3.8) is 0 Å². The van der Waals surface area contributed by atoms with E-state index in [1.807, 2.05) is 54.6 Å². The quantitative estimate of drug-likeness (QED) is 0.913. The van der Waals surface area contributed by atoms with E-state index in [9.17, 15) is 5.11 Å². The average Bonchev–Trinajstić information content (AvgIpc) is 2.53. The molecule has 2 aromatic rings. The van der Waals surface area contributed by atoms with Crippen molar-refractivity contribution in [1.29, 1.82) is 0 Å². The fraction of sp³-hybridized carbons (Fsp3) is 0.222. The topological polar surface area (TPSA) is 38.7 Å². The molecule has 0 amide bonds. The normalized spacial score (nSPS) is 11.6. The minimum atomic E-state index is -0.524. The number of hydrogen-bond acceptors (Lipinski definition) is 3. The summed E-state index contributed by atoms with van der Waals surface area (Å²) < 4.78 is 10.4. The van der Waals surface area contributed by atoms with Gasteiger partial charge in [0.1, 0.15) is 11.5 Å². The van der Waals surface area contributed by atoms with Crippen LogP contribution < -0.4 is 9.47 Å². The first-order valence-electron chi connectivity index (χ1n) is 6.83. The summed E-state index contributed by atoms with van der Waals surface area (Å²) in [5.74, 6) is 1.62. The molecule has 0 aliphatic rings. The summed E-state index contributed by atoms with van der Waals surface area (Å²) in [6.07, 6.45) is 1.31. The monoisotopic (exact) mass is 284 g/mol. The van der Waals surface area contributed by atoms with Gasteiger partial charge in [0.25, 0.3) is 0 Å². The third-order valence-electron chi connectivity index (χ3n) is 3.21. The van der Waals surface area contributed by atoms with Gasteiger partial charge in [0.15, 0.2) is 0 Å². The lowest BCUT2D eigenvalue weighted by Gasteiger charge is -2.11. The number of hydrogen-bond donors (Lipinski definition) is 1. The van der Waals surface area contributed by atoms with Crippen molar-refractivity contribution in [3.8, 4) is 11.5 Å². The molecule has 0 unspecified atom stereocenters. The van der Waals surface area contributed by atoms with Crippen LogP contribution >= 0.6 is 0 Å². The molecule has 0 heterocycles. The Morgan fingerprint density at radius 2 is 1.24 bits per heavy atom. The first-order valence-corrected chi connectivity index (χ1v) is 6.83. The van der Waals surface area contributed by atoms with Gasteiger partial charge in [0.05, 0.1) is 20.3 Å². The van der Waals surface area contributed by atoms with E-state index in [1.54, 1.807) is 21.1 Å². The van der Waals surface area contributed by atoms with Gasteiger partial charge in [-0.15, -0.1) is 0 Å². The fourth-order valence-corrected chi connectivity index (χ4v) is 2.14. The molecule has 2 aromatic carbocycles. The lowest BCUT2D eigenvalue weighted by molar-refractivity contribution is 0.244. The van der Waals surface area contributed by atoms with Crippen LogP contribution in [0.2, 0.25) is 0 Å². The summed E-state index contributed by atoms with van der Waals surface area (Å²) in [6.45, 7) is 1.74. The average molecular weight is 284 g/mol. The van der Waals surface area contributed by atoms with E-state index in [2.05, 4.69) is 0 Å². The van der Waals surface area contributed by atoms with Crippen molar-refractivity contribution in [3.05, 3.63) is 65.7 Å². The highest BCUT2D eigenvalue weighted by Gasteiger charge is 2.07. The minimum absolute atomic E-state index is 0.524. The zero-order valence-electron chi connectivity index (χ0n) is 12.5. The van der Waals surface area contributed by atoms with Crippen molar-refractivity contribution in [1.82, 2.24) is 0 Å². The van der Waals surface area contributed by atoms with Crippen molar-refractivity contribution in [2.45, 2.75) is 13.0 Å². The number of aliphatic hydroxyl groups is 1. The van der Waals surface area contributed by atoms with E-state index in [1.165, 1.54) is 0 Å². The van der Waals surface area contributed by atoms with Crippen LogP contribution in [-0.4, -0.2) is 25.4 Å². The van der Waals surface area contributed by atoms with Crippen molar-refractivity contribution in [2.75, 3.05) is 14.2 Å². The smallest absolute Gasteiger partial charge is 0.118 e. The molecular formula is C18H20O3. The summed E-state index contributed by atoms with van der Waals surface area (Å²) in [7, 11) is 3.29. The van der Waals surface area contributed by atoms with Crippen molar-refractivity contribution < 1.29 is 14.6 Å². The largest absolute Gasteiger partial charge is 0.497 e. The van der Waals surface area contributed by atoms with E-state index < -0.39 is 6.10 Å². The van der Waals surface area contributed by atoms with Crippen LogP contribution in [0, 0.1) is 0 Å². The molecule has 0 aromatic heterocycles. The van der Waals surface area contributed by atoms with E-state index in [0.717, 1.165) is 28.2 Å². The molecule has 0 spiro atoms. The van der Waals surface area contributed by atoms with Crippen LogP contribution in [0.25, 0.3) is 5.57 Å². The van der Waals surface area contributed by atoms with Gasteiger partial charge >= 0.3 is 0 Å². The SMILES string of the molecule is COc1ccc(C(=C[C@@H](C)O)c2ccc(OC)cc2)cc1. The molecule has 0 radical (unpaired) electrons. The summed E-state index contributed by atoms with van der Waals surface area (Å²) in [4.78, 5) is 0. The first-order chi connectivity index (χ1) is 10.1. The third kappa shape index (κ3) is 3.86. The lowest BCUT2D eigenvalue weighted by atomic mass is 9.96. The van der Waals surface area contributed by atoms with Crippen molar-refractivity contribution in [2.24, 2.45) is 0 Å². The van der Waals surface area contributed by atoms with Gasteiger partial charge in [-0.1, -0.05) is 24.3 Å². The second kappa shape index (κ2) is 6.95. The Morgan fingerprint density at radius 3 is 1.52 bits per heavy atom. The molecule has 110 valence electrons. The third-order valence-corrected chi connectivity index (χ3v) is 3.21. The minimum Gasteiger partial charge on any atom is -0.497 e. The first kappa shape index (κ1) is 15.1. The molecule has 0 aliphatic heterocycles. The molecule has 0 saturated heterocycles. The maximum absolute atomic E-state index is 9.72. The predicted molar refractivity (Wildman–Crippen MR) is 84.7 cm³/mol. The van der Waals surface area contributed by atoms with Crippen LogP contribution in [-0.2, 0) is 0 Å². The molecule has 1 N–H and O–H groups in total. The molecule has 0 aliphatic carbocycles. The van der Waals surface area contributed by atoms with Gasteiger partial charge in [-0.2, -0.15) is 0 Å². The number of benzene rings is 2. The zero-order valence-corrected chi connectivity index (χ0v) is 12.5. The fourth-order valence-electron chi connectivity index (χ4n) is 2.14. The Bertz CT molecular complexity index is 546. The van der Waals surface area contributed by atoms with Crippen LogP contribution in [0.15, 0.2) is 54.6 Å². The second-order valence-corrected chi connectivity index (χ2v) is 4.78. The number of rotatable bonds is 5. The number of methoxy groups -OCH3 is 2. The highest BCUT2D eigenvalue weighted by atomic mass is 16.5. The molecule has 0 saturated carbocycles. The van der Waals surface area contributed by atoms with Gasteiger partial charge in [-0.3, -0.25) is 0 Å². The highest BCUT2D eigenvalue weighted by Crippen LogP contribution is 2.27. The summed E-state index contributed by atoms with van der Waals surface area (Å²) in [5, 5.41) is 9.72. The van der Waals surface area contributed by atoms with E-state index in [0.29, 0.717) is 0 Å².